The topological polar surface area (TPSA) is 103 Å². The molecule has 188 valence electrons. The Bertz CT molecular complexity index is 1410. The number of aromatic nitrogens is 4. The Morgan fingerprint density at radius 3 is 2.47 bits per heavy atom. The molecular weight excluding hydrogens is 494 g/mol. The summed E-state index contributed by atoms with van der Waals surface area (Å²) in [5.41, 5.74) is 0.575. The Balaban J connectivity index is 1.59. The minimum Gasteiger partial charge on any atom is -0.444 e. The number of rotatable bonds is 6. The number of ether oxygens (including phenoxy) is 2. The van der Waals surface area contributed by atoms with Crippen molar-refractivity contribution in [2.75, 3.05) is 10.6 Å². The fraction of sp³-hybridized carbons (Fsp3) is 0.250. The summed E-state index contributed by atoms with van der Waals surface area (Å²) < 4.78 is 41.5. The maximum atomic E-state index is 14.7. The Kier molecular flexibility index (Phi) is 6.93. The van der Waals surface area contributed by atoms with Gasteiger partial charge in [0.1, 0.15) is 11.1 Å². The van der Waals surface area contributed by atoms with Gasteiger partial charge in [-0.15, -0.1) is 0 Å². The van der Waals surface area contributed by atoms with E-state index in [1.807, 2.05) is 19.1 Å². The lowest BCUT2D eigenvalue weighted by Gasteiger charge is -2.19. The molecular formula is C24H23ClF2N6O3. The first kappa shape index (κ1) is 25.1. The molecule has 0 radical (unpaired) electrons. The van der Waals surface area contributed by atoms with E-state index in [1.165, 1.54) is 6.20 Å². The number of fused-ring (bicyclic) bond motifs is 1. The number of carbonyl (C=O) groups excluding carboxylic acids is 1. The smallest absolute Gasteiger partial charge is 0.412 e. The van der Waals surface area contributed by atoms with E-state index < -0.39 is 29.1 Å². The van der Waals surface area contributed by atoms with Crippen molar-refractivity contribution in [1.82, 2.24) is 19.5 Å². The van der Waals surface area contributed by atoms with Gasteiger partial charge in [0.2, 0.25) is 11.7 Å². The largest absolute Gasteiger partial charge is 0.444 e. The van der Waals surface area contributed by atoms with E-state index in [0.29, 0.717) is 34.4 Å². The van der Waals surface area contributed by atoms with Gasteiger partial charge in [-0.2, -0.15) is 4.98 Å². The van der Waals surface area contributed by atoms with E-state index in [1.54, 1.807) is 37.5 Å². The van der Waals surface area contributed by atoms with Crippen molar-refractivity contribution in [3.05, 3.63) is 59.3 Å². The average Bonchev–Trinajstić information content (AvgIpc) is 3.12. The number of hydrogen-bond donors (Lipinski definition) is 2. The lowest BCUT2D eigenvalue weighted by molar-refractivity contribution is 0.0636. The van der Waals surface area contributed by atoms with Gasteiger partial charge >= 0.3 is 12.1 Å². The van der Waals surface area contributed by atoms with Crippen molar-refractivity contribution in [3.63, 3.8) is 0 Å². The summed E-state index contributed by atoms with van der Waals surface area (Å²) in [6.07, 6.45) is 0.535. The fourth-order valence-corrected chi connectivity index (χ4v) is 3.46. The van der Waals surface area contributed by atoms with Crippen LogP contribution in [-0.2, 0) is 11.3 Å². The van der Waals surface area contributed by atoms with Crippen molar-refractivity contribution in [1.29, 1.82) is 0 Å². The van der Waals surface area contributed by atoms with Crippen LogP contribution in [0.4, 0.5) is 30.9 Å². The molecule has 0 atom stereocenters. The number of nitrogens with one attached hydrogen (secondary N) is 2. The molecule has 1 amide bonds. The van der Waals surface area contributed by atoms with Crippen LogP contribution in [-0.4, -0.2) is 31.2 Å². The molecule has 2 heterocycles. The third kappa shape index (κ3) is 5.62. The summed E-state index contributed by atoms with van der Waals surface area (Å²) in [4.78, 5) is 24.7. The number of anilines is 3. The molecule has 0 saturated carbocycles. The molecule has 0 aliphatic rings. The van der Waals surface area contributed by atoms with Gasteiger partial charge in [-0.1, -0.05) is 23.7 Å². The quantitative estimate of drug-likeness (QED) is 0.295. The third-order valence-electron chi connectivity index (χ3n) is 4.74. The van der Waals surface area contributed by atoms with Crippen LogP contribution in [0.25, 0.3) is 11.2 Å². The molecule has 9 nitrogen and oxygen atoms in total. The molecule has 0 aliphatic carbocycles. The zero-order valence-corrected chi connectivity index (χ0v) is 20.7. The Hall–Kier alpha value is -3.99. The standard InChI is InChI=1S/C24H23ClF2N6O3/c1-5-33-20-18(31-21(33)30-17-9-7-6-8-14(17)25)12-28-22(32-20)35-19-15(26)10-13(11-16(19)27)29-23(34)36-24(2,3)4/h6-12H,5H2,1-4H3,(H,29,34)(H,30,31). The monoisotopic (exact) mass is 516 g/mol. The summed E-state index contributed by atoms with van der Waals surface area (Å²) in [7, 11) is 0. The van der Waals surface area contributed by atoms with Crippen LogP contribution in [0.15, 0.2) is 42.6 Å². The predicted octanol–water partition coefficient (Wildman–Crippen LogP) is 6.66. The van der Waals surface area contributed by atoms with Crippen LogP contribution in [0, 0.1) is 11.6 Å². The molecule has 2 aromatic carbocycles. The number of carbonyl (C=O) groups is 1. The summed E-state index contributed by atoms with van der Waals surface area (Å²) >= 11 is 6.23. The number of benzene rings is 2. The molecule has 2 N–H and O–H groups in total. The minimum atomic E-state index is -1.06. The van der Waals surface area contributed by atoms with E-state index in [0.717, 1.165) is 12.1 Å². The highest BCUT2D eigenvalue weighted by Crippen LogP contribution is 2.31. The van der Waals surface area contributed by atoms with Gasteiger partial charge in [-0.25, -0.2) is 23.5 Å². The lowest BCUT2D eigenvalue weighted by Crippen LogP contribution is -2.27. The maximum Gasteiger partial charge on any atom is 0.412 e. The van der Waals surface area contributed by atoms with Crippen molar-refractivity contribution in [3.8, 4) is 11.8 Å². The fourth-order valence-electron chi connectivity index (χ4n) is 3.27. The molecule has 0 saturated heterocycles. The highest BCUT2D eigenvalue weighted by Gasteiger charge is 2.20. The van der Waals surface area contributed by atoms with E-state index in [9.17, 15) is 13.6 Å². The van der Waals surface area contributed by atoms with Gasteiger partial charge in [0.15, 0.2) is 17.3 Å². The number of amides is 1. The van der Waals surface area contributed by atoms with Crippen LogP contribution in [0.1, 0.15) is 27.7 Å². The van der Waals surface area contributed by atoms with Gasteiger partial charge in [-0.3, -0.25) is 9.88 Å². The highest BCUT2D eigenvalue weighted by molar-refractivity contribution is 6.33. The minimum absolute atomic E-state index is 0.137. The Labute approximate surface area is 210 Å². The summed E-state index contributed by atoms with van der Waals surface area (Å²) in [5, 5.41) is 5.94. The second-order valence-electron chi connectivity index (χ2n) is 8.64. The van der Waals surface area contributed by atoms with Crippen molar-refractivity contribution in [2.45, 2.75) is 39.8 Å². The number of hydrogen-bond acceptors (Lipinski definition) is 7. The second-order valence-corrected chi connectivity index (χ2v) is 9.05. The first-order valence-corrected chi connectivity index (χ1v) is 11.3. The number of imidazole rings is 1. The highest BCUT2D eigenvalue weighted by atomic mass is 35.5. The second kappa shape index (κ2) is 9.94. The van der Waals surface area contributed by atoms with Crippen LogP contribution in [0.2, 0.25) is 5.02 Å². The van der Waals surface area contributed by atoms with Crippen molar-refractivity contribution < 1.29 is 23.0 Å². The molecule has 36 heavy (non-hydrogen) atoms. The average molecular weight is 517 g/mol. The van der Waals surface area contributed by atoms with Gasteiger partial charge < -0.3 is 14.8 Å². The first-order chi connectivity index (χ1) is 17.0. The number of halogens is 3. The van der Waals surface area contributed by atoms with Gasteiger partial charge in [0.25, 0.3) is 0 Å². The van der Waals surface area contributed by atoms with Crippen LogP contribution in [0.5, 0.6) is 11.8 Å². The molecule has 0 spiro atoms. The molecule has 0 aliphatic heterocycles. The molecule has 12 heteroatoms. The molecule has 4 aromatic rings. The van der Waals surface area contributed by atoms with E-state index >= 15 is 0 Å². The Morgan fingerprint density at radius 2 is 1.83 bits per heavy atom. The van der Waals surface area contributed by atoms with E-state index in [2.05, 4.69) is 25.6 Å². The van der Waals surface area contributed by atoms with Crippen molar-refractivity contribution >= 4 is 46.2 Å². The maximum absolute atomic E-state index is 14.7. The van der Waals surface area contributed by atoms with E-state index in [-0.39, 0.29) is 11.7 Å². The predicted molar refractivity (Wildman–Crippen MR) is 132 cm³/mol. The zero-order chi connectivity index (χ0) is 26.0. The number of nitrogens with zero attached hydrogens (tertiary/aromatic N) is 4. The van der Waals surface area contributed by atoms with Crippen molar-refractivity contribution in [2.24, 2.45) is 0 Å². The summed E-state index contributed by atoms with van der Waals surface area (Å²) in [6, 6.07) is 8.71. The molecule has 4 rings (SSSR count). The number of para-hydroxylation sites is 1. The molecule has 0 unspecified atom stereocenters. The first-order valence-electron chi connectivity index (χ1n) is 11.0. The van der Waals surface area contributed by atoms with Crippen LogP contribution in [0.3, 0.4) is 0 Å². The van der Waals surface area contributed by atoms with E-state index in [4.69, 9.17) is 21.1 Å². The van der Waals surface area contributed by atoms with Gasteiger partial charge in [0.05, 0.1) is 22.6 Å². The summed E-state index contributed by atoms with van der Waals surface area (Å²) in [5.74, 6) is -2.38. The SMILES string of the molecule is CCn1c(Nc2ccccc2Cl)nc2cnc(Oc3c(F)cc(NC(=O)OC(C)(C)C)cc3F)nc21. The van der Waals surface area contributed by atoms with Crippen LogP contribution < -0.4 is 15.4 Å². The van der Waals surface area contributed by atoms with Gasteiger partial charge in [0, 0.05) is 18.7 Å². The van der Waals surface area contributed by atoms with Gasteiger partial charge in [-0.05, 0) is 39.8 Å². The summed E-state index contributed by atoms with van der Waals surface area (Å²) in [6.45, 7) is 7.37. The lowest BCUT2D eigenvalue weighted by atomic mass is 10.2. The normalized spacial score (nSPS) is 11.4. The molecule has 0 fully saturated rings. The third-order valence-corrected chi connectivity index (χ3v) is 5.07. The number of aryl methyl sites for hydroxylation is 1. The van der Waals surface area contributed by atoms with Crippen LogP contribution >= 0.6 is 11.6 Å². The Morgan fingerprint density at radius 1 is 1.14 bits per heavy atom. The molecule has 2 aromatic heterocycles. The molecule has 0 bridgehead atoms. The zero-order valence-electron chi connectivity index (χ0n) is 19.9.